The summed E-state index contributed by atoms with van der Waals surface area (Å²) in [6.45, 7) is 5.55. The van der Waals surface area contributed by atoms with Crippen molar-refractivity contribution in [1.82, 2.24) is 9.80 Å². The molecule has 0 aromatic heterocycles. The smallest absolute Gasteiger partial charge is 0.247 e. The first kappa shape index (κ1) is 14.5. The lowest BCUT2D eigenvalue weighted by atomic mass is 10.1. The van der Waals surface area contributed by atoms with Crippen LogP contribution in [0.15, 0.2) is 34.6 Å². The number of carbonyl (C=O) groups is 2. The maximum Gasteiger partial charge on any atom is 0.247 e. The Kier molecular flexibility index (Phi) is 3.51. The van der Waals surface area contributed by atoms with E-state index in [2.05, 4.69) is 9.80 Å². The molecular weight excluding hydrogens is 292 g/mol. The van der Waals surface area contributed by atoms with Crippen LogP contribution in [-0.4, -0.2) is 47.5 Å². The predicted octanol–water partition coefficient (Wildman–Crippen LogP) is 2.12. The fraction of sp³-hybridized carbons (Fsp3) is 0.556. The standard InChI is InChI=1S/C18H22N2O3/c1-12-16(20-8-4-5-9-20)17(22)18(23-12)13-10-14(15(21)11-13)19-6-2-3-7-19/h10H,2-9,11H2,1H3/b18-13-. The molecule has 0 unspecified atom stereocenters. The third kappa shape index (κ3) is 2.38. The number of allylic oxidation sites excluding steroid dienone is 4. The number of likely N-dealkylation sites (tertiary alicyclic amines) is 2. The molecule has 5 heteroatoms. The maximum atomic E-state index is 12.8. The SMILES string of the molecule is CC1=C(N2CCCC2)C(=O)/C(=C2\C=C(N3CCCC3)C(=O)C2)O1. The van der Waals surface area contributed by atoms with Crippen LogP contribution in [0.1, 0.15) is 39.0 Å². The molecule has 0 aromatic carbocycles. The third-order valence-electron chi connectivity index (χ3n) is 5.12. The van der Waals surface area contributed by atoms with Gasteiger partial charge in [0.05, 0.1) is 5.70 Å². The molecule has 1 aliphatic carbocycles. The fourth-order valence-corrected chi connectivity index (χ4v) is 3.97. The molecule has 0 saturated carbocycles. The first-order chi connectivity index (χ1) is 11.1. The number of ether oxygens (including phenoxy) is 1. The number of ketones is 2. The van der Waals surface area contributed by atoms with Gasteiger partial charge in [0.25, 0.3) is 0 Å². The molecule has 122 valence electrons. The van der Waals surface area contributed by atoms with E-state index < -0.39 is 0 Å². The van der Waals surface area contributed by atoms with E-state index >= 15 is 0 Å². The van der Waals surface area contributed by atoms with Crippen LogP contribution in [0.4, 0.5) is 0 Å². The molecule has 2 saturated heterocycles. The maximum absolute atomic E-state index is 12.8. The topological polar surface area (TPSA) is 49.9 Å². The van der Waals surface area contributed by atoms with Crippen molar-refractivity contribution in [3.05, 3.63) is 34.6 Å². The van der Waals surface area contributed by atoms with Crippen molar-refractivity contribution in [1.29, 1.82) is 0 Å². The Morgan fingerprint density at radius 1 is 0.957 bits per heavy atom. The first-order valence-corrected chi connectivity index (χ1v) is 8.56. The lowest BCUT2D eigenvalue weighted by Gasteiger charge is -2.16. The molecule has 0 amide bonds. The van der Waals surface area contributed by atoms with Gasteiger partial charge in [0.1, 0.15) is 11.5 Å². The Morgan fingerprint density at radius 2 is 1.57 bits per heavy atom. The van der Waals surface area contributed by atoms with Crippen molar-refractivity contribution in [3.8, 4) is 0 Å². The van der Waals surface area contributed by atoms with Gasteiger partial charge in [0, 0.05) is 38.2 Å². The molecular formula is C18H22N2O3. The van der Waals surface area contributed by atoms with E-state index in [1.54, 1.807) is 0 Å². The largest absolute Gasteiger partial charge is 0.455 e. The normalized spacial score (nSPS) is 28.3. The third-order valence-corrected chi connectivity index (χ3v) is 5.12. The molecule has 23 heavy (non-hydrogen) atoms. The van der Waals surface area contributed by atoms with Crippen molar-refractivity contribution in [2.24, 2.45) is 0 Å². The van der Waals surface area contributed by atoms with Crippen molar-refractivity contribution < 1.29 is 14.3 Å². The van der Waals surface area contributed by atoms with E-state index in [-0.39, 0.29) is 18.0 Å². The van der Waals surface area contributed by atoms with Gasteiger partial charge in [0.2, 0.25) is 5.78 Å². The summed E-state index contributed by atoms with van der Waals surface area (Å²) in [6.07, 6.45) is 6.66. The number of hydrogen-bond acceptors (Lipinski definition) is 5. The summed E-state index contributed by atoms with van der Waals surface area (Å²) in [4.78, 5) is 29.4. The Hall–Kier alpha value is -2.04. The summed E-state index contributed by atoms with van der Waals surface area (Å²) < 4.78 is 5.79. The Labute approximate surface area is 136 Å². The van der Waals surface area contributed by atoms with Crippen LogP contribution in [0.5, 0.6) is 0 Å². The van der Waals surface area contributed by atoms with E-state index in [1.165, 1.54) is 0 Å². The summed E-state index contributed by atoms with van der Waals surface area (Å²) in [5.74, 6) is 1.10. The zero-order chi connectivity index (χ0) is 16.0. The van der Waals surface area contributed by atoms with Gasteiger partial charge >= 0.3 is 0 Å². The van der Waals surface area contributed by atoms with Gasteiger partial charge in [-0.1, -0.05) is 0 Å². The number of nitrogens with zero attached hydrogens (tertiary/aromatic N) is 2. The molecule has 0 bridgehead atoms. The van der Waals surface area contributed by atoms with Crippen LogP contribution in [0.3, 0.4) is 0 Å². The summed E-state index contributed by atoms with van der Waals surface area (Å²) in [5, 5.41) is 0. The molecule has 0 aromatic rings. The fourth-order valence-electron chi connectivity index (χ4n) is 3.97. The molecule has 5 nitrogen and oxygen atoms in total. The Bertz CT molecular complexity index is 660. The molecule has 0 spiro atoms. The lowest BCUT2D eigenvalue weighted by molar-refractivity contribution is -0.115. The monoisotopic (exact) mass is 314 g/mol. The summed E-state index contributed by atoms with van der Waals surface area (Å²) >= 11 is 0. The highest BCUT2D eigenvalue weighted by atomic mass is 16.5. The van der Waals surface area contributed by atoms with Gasteiger partial charge < -0.3 is 14.5 Å². The lowest BCUT2D eigenvalue weighted by Crippen LogP contribution is -2.23. The second-order valence-electron chi connectivity index (χ2n) is 6.71. The minimum absolute atomic E-state index is 0.0499. The van der Waals surface area contributed by atoms with Gasteiger partial charge in [-0.25, -0.2) is 0 Å². The molecule has 3 heterocycles. The molecule has 0 atom stereocenters. The van der Waals surface area contributed by atoms with Crippen LogP contribution in [0.25, 0.3) is 0 Å². The minimum atomic E-state index is -0.0499. The second kappa shape index (κ2) is 5.55. The van der Waals surface area contributed by atoms with Crippen LogP contribution in [0.2, 0.25) is 0 Å². The highest BCUT2D eigenvalue weighted by molar-refractivity contribution is 6.11. The minimum Gasteiger partial charge on any atom is -0.455 e. The first-order valence-electron chi connectivity index (χ1n) is 8.56. The average Bonchev–Trinajstić information content (AvgIpc) is 3.26. The van der Waals surface area contributed by atoms with Gasteiger partial charge in [-0.05, 0) is 38.7 Å². The van der Waals surface area contributed by atoms with E-state index in [4.69, 9.17) is 4.74 Å². The molecule has 4 rings (SSSR count). The van der Waals surface area contributed by atoms with Crippen molar-refractivity contribution in [2.75, 3.05) is 26.2 Å². The van der Waals surface area contributed by atoms with Gasteiger partial charge in [-0.3, -0.25) is 9.59 Å². The van der Waals surface area contributed by atoms with Crippen molar-refractivity contribution in [3.63, 3.8) is 0 Å². The number of hydrogen-bond donors (Lipinski definition) is 0. The van der Waals surface area contributed by atoms with Crippen LogP contribution in [-0.2, 0) is 14.3 Å². The molecule has 2 fully saturated rings. The van der Waals surface area contributed by atoms with Crippen LogP contribution < -0.4 is 0 Å². The highest BCUT2D eigenvalue weighted by Crippen LogP contribution is 2.35. The molecule has 4 aliphatic rings. The predicted molar refractivity (Wildman–Crippen MR) is 85.1 cm³/mol. The second-order valence-corrected chi connectivity index (χ2v) is 6.71. The van der Waals surface area contributed by atoms with Gasteiger partial charge in [-0.15, -0.1) is 0 Å². The average molecular weight is 314 g/mol. The zero-order valence-corrected chi connectivity index (χ0v) is 13.6. The van der Waals surface area contributed by atoms with E-state index in [1.807, 2.05) is 13.0 Å². The van der Waals surface area contributed by atoms with E-state index in [0.29, 0.717) is 17.2 Å². The van der Waals surface area contributed by atoms with Crippen molar-refractivity contribution >= 4 is 11.6 Å². The molecule has 0 radical (unpaired) electrons. The number of carbonyl (C=O) groups excluding carboxylic acids is 2. The summed E-state index contributed by atoms with van der Waals surface area (Å²) in [7, 11) is 0. The van der Waals surface area contributed by atoms with Crippen LogP contribution >= 0.6 is 0 Å². The summed E-state index contributed by atoms with van der Waals surface area (Å²) in [6, 6.07) is 0. The Balaban J connectivity index is 1.62. The summed E-state index contributed by atoms with van der Waals surface area (Å²) in [5.41, 5.74) is 2.20. The van der Waals surface area contributed by atoms with E-state index in [9.17, 15) is 9.59 Å². The zero-order valence-electron chi connectivity index (χ0n) is 13.6. The molecule has 0 N–H and O–H groups in total. The van der Waals surface area contributed by atoms with Gasteiger partial charge in [-0.2, -0.15) is 0 Å². The number of rotatable bonds is 2. The van der Waals surface area contributed by atoms with Crippen molar-refractivity contribution in [2.45, 2.75) is 39.0 Å². The van der Waals surface area contributed by atoms with Crippen LogP contribution in [0, 0.1) is 0 Å². The quantitative estimate of drug-likeness (QED) is 0.731. The molecule has 3 aliphatic heterocycles. The van der Waals surface area contributed by atoms with E-state index in [0.717, 1.165) is 63.1 Å². The number of Topliss-reactive ketones (excluding diaryl/α,β-unsaturated/α-hetero) is 2. The highest BCUT2D eigenvalue weighted by Gasteiger charge is 2.37. The Morgan fingerprint density at radius 3 is 2.22 bits per heavy atom. The van der Waals surface area contributed by atoms with Gasteiger partial charge in [0.15, 0.2) is 11.5 Å².